The number of likely N-dealkylation sites (tertiary alicyclic amines) is 1. The maximum atomic E-state index is 14.8. The number of unbranched alkanes of at least 4 members (excludes halogenated alkanes) is 3. The highest BCUT2D eigenvalue weighted by molar-refractivity contribution is 8.03. The van der Waals surface area contributed by atoms with Gasteiger partial charge in [-0.15, -0.1) is 11.8 Å². The highest BCUT2D eigenvalue weighted by atomic mass is 32.2. The zero-order chi connectivity index (χ0) is 43.6. The lowest BCUT2D eigenvalue weighted by molar-refractivity contribution is -0.213. The van der Waals surface area contributed by atoms with Crippen LogP contribution in [0, 0.1) is 17.8 Å². The van der Waals surface area contributed by atoms with Crippen molar-refractivity contribution in [2.75, 3.05) is 20.2 Å². The van der Waals surface area contributed by atoms with E-state index in [1.807, 2.05) is 39.6 Å². The van der Waals surface area contributed by atoms with Crippen LogP contribution in [-0.4, -0.2) is 101 Å². The first-order valence-electron chi connectivity index (χ1n) is 21.4. The van der Waals surface area contributed by atoms with Crippen molar-refractivity contribution in [2.45, 2.75) is 155 Å². The minimum absolute atomic E-state index is 0.117. The largest absolute Gasteiger partial charge is 0.508 e. The number of phenols is 1. The van der Waals surface area contributed by atoms with E-state index >= 15 is 0 Å². The van der Waals surface area contributed by atoms with Crippen LogP contribution in [0.25, 0.3) is 0 Å². The van der Waals surface area contributed by atoms with Crippen LogP contribution in [0.15, 0.2) is 35.4 Å². The number of benzene rings is 1. The molecule has 0 spiro atoms. The molecule has 7 N–H and O–H groups in total. The summed E-state index contributed by atoms with van der Waals surface area (Å²) in [4.78, 5) is 75.7. The predicted octanol–water partition coefficient (Wildman–Crippen LogP) is 4.64. The van der Waals surface area contributed by atoms with Crippen molar-refractivity contribution in [2.24, 2.45) is 23.6 Å². The van der Waals surface area contributed by atoms with E-state index in [0.29, 0.717) is 25.9 Å². The zero-order valence-corrected chi connectivity index (χ0v) is 37.3. The molecule has 0 radical (unpaired) electrons. The van der Waals surface area contributed by atoms with E-state index in [1.54, 1.807) is 36.6 Å². The van der Waals surface area contributed by atoms with Crippen molar-refractivity contribution < 1.29 is 38.7 Å². The number of amides is 4. The van der Waals surface area contributed by atoms with Gasteiger partial charge in [0.05, 0.1) is 18.7 Å². The second-order valence-corrected chi connectivity index (χ2v) is 17.6. The molecule has 1 unspecified atom stereocenters. The first-order chi connectivity index (χ1) is 28.1. The second-order valence-electron chi connectivity index (χ2n) is 16.5. The number of nitrogens with two attached hydrogens (primary N) is 1. The quantitative estimate of drug-likeness (QED) is 0.0277. The van der Waals surface area contributed by atoms with Crippen LogP contribution in [0.2, 0.25) is 0 Å². The summed E-state index contributed by atoms with van der Waals surface area (Å²) >= 11 is 1.30. The molecule has 2 aliphatic rings. The number of hydrazine groups is 1. The molecule has 0 aliphatic carbocycles. The van der Waals surface area contributed by atoms with Crippen LogP contribution in [-0.2, 0) is 40.0 Å². The Bertz CT molecular complexity index is 1550. The van der Waals surface area contributed by atoms with Gasteiger partial charge in [0.15, 0.2) is 0 Å². The molecule has 16 heteroatoms. The van der Waals surface area contributed by atoms with Gasteiger partial charge in [0, 0.05) is 30.7 Å². The molecule has 2 aliphatic heterocycles. The molecule has 0 bridgehead atoms. The molecular formula is C43H71N7O8S. The summed E-state index contributed by atoms with van der Waals surface area (Å²) in [5, 5.41) is 21.7. The van der Waals surface area contributed by atoms with Crippen molar-refractivity contribution in [3.63, 3.8) is 0 Å². The number of phenolic OH excluding ortho intramolecular Hbond substituents is 1. The maximum Gasteiger partial charge on any atom is 0.303 e. The average Bonchev–Trinajstić information content (AvgIpc) is 3.71. The number of hydrogen-bond donors (Lipinski definition) is 6. The van der Waals surface area contributed by atoms with Crippen LogP contribution in [0.3, 0.4) is 0 Å². The van der Waals surface area contributed by atoms with E-state index in [4.69, 9.17) is 15.4 Å². The highest BCUT2D eigenvalue weighted by Crippen LogP contribution is 2.31. The van der Waals surface area contributed by atoms with Gasteiger partial charge in [-0.05, 0) is 75.2 Å². The number of carbonyl (C=O) groups excluding carboxylic acids is 5. The van der Waals surface area contributed by atoms with Crippen LogP contribution in [0.4, 0.5) is 0 Å². The Labute approximate surface area is 355 Å². The average molecular weight is 846 g/mol. The molecule has 0 aromatic heterocycles. The van der Waals surface area contributed by atoms with Crippen molar-refractivity contribution in [1.29, 1.82) is 0 Å². The Morgan fingerprint density at radius 2 is 1.73 bits per heavy atom. The molecule has 15 nitrogen and oxygen atoms in total. The summed E-state index contributed by atoms with van der Waals surface area (Å²) < 4.78 is 5.94. The number of rotatable bonds is 24. The minimum atomic E-state index is -0.837. The summed E-state index contributed by atoms with van der Waals surface area (Å²) in [7, 11) is 1.94. The zero-order valence-electron chi connectivity index (χ0n) is 36.5. The molecule has 332 valence electrons. The normalized spacial score (nSPS) is 19.9. The molecule has 8 atom stereocenters. The Hall–Kier alpha value is -3.86. The van der Waals surface area contributed by atoms with Crippen molar-refractivity contribution in [1.82, 2.24) is 31.3 Å². The molecular weight excluding hydrogens is 775 g/mol. The minimum Gasteiger partial charge on any atom is -0.508 e. The number of hydroxylamine groups is 2. The van der Waals surface area contributed by atoms with Crippen LogP contribution >= 0.6 is 11.8 Å². The topological polar surface area (TPSA) is 205 Å². The third-order valence-electron chi connectivity index (χ3n) is 11.4. The lowest BCUT2D eigenvalue weighted by Crippen LogP contribution is -2.59. The molecule has 1 aromatic rings. The summed E-state index contributed by atoms with van der Waals surface area (Å²) in [5.41, 5.74) is 3.29. The lowest BCUT2D eigenvalue weighted by Gasteiger charge is -2.39. The van der Waals surface area contributed by atoms with E-state index in [0.717, 1.165) is 57.1 Å². The number of hydrogen-bond acceptors (Lipinski definition) is 12. The molecule has 2 heterocycles. The maximum absolute atomic E-state index is 14.8. The Morgan fingerprint density at radius 1 is 1.02 bits per heavy atom. The first-order valence-corrected chi connectivity index (χ1v) is 22.4. The number of ether oxygens (including phenoxy) is 1. The number of carbonyl (C=O) groups is 5. The smallest absolute Gasteiger partial charge is 0.303 e. The molecule has 3 rings (SSSR count). The van der Waals surface area contributed by atoms with E-state index in [9.17, 15) is 29.1 Å². The molecule has 1 saturated heterocycles. The summed E-state index contributed by atoms with van der Waals surface area (Å²) in [5.74, 6) is 2.87. The number of esters is 1. The van der Waals surface area contributed by atoms with Crippen LogP contribution in [0.1, 0.15) is 118 Å². The van der Waals surface area contributed by atoms with Gasteiger partial charge in [0.2, 0.25) is 11.8 Å². The monoisotopic (exact) mass is 846 g/mol. The number of likely N-dealkylation sites (N-methyl/N-ethyl adjacent to an activating group) is 1. The fourth-order valence-corrected chi connectivity index (χ4v) is 8.52. The van der Waals surface area contributed by atoms with E-state index in [2.05, 4.69) is 28.3 Å². The Balaban J connectivity index is 1.86. The van der Waals surface area contributed by atoms with Crippen molar-refractivity contribution in [3.05, 3.63) is 40.9 Å². The third kappa shape index (κ3) is 15.6. The van der Waals surface area contributed by atoms with Gasteiger partial charge in [-0.2, -0.15) is 0 Å². The number of nitrogens with zero attached hydrogens (tertiary/aromatic N) is 2. The van der Waals surface area contributed by atoms with Gasteiger partial charge in [-0.25, -0.2) is 10.9 Å². The SMILES string of the molecule is CCCCCCON(C(=O)[C@@H](NC(=O)[C@H]1CCCCN1C)[C@@H](C)CC)[C@H](C[C@@H](OC(C)=O)C1NC(C(=O)N[C@@H](Cc2ccc(O)cc2)C[C@H](C)C(=O)NN)=CS1)C(C)C. The summed E-state index contributed by atoms with van der Waals surface area (Å²) in [6, 6.07) is 4.46. The third-order valence-corrected chi connectivity index (χ3v) is 12.4. The first kappa shape index (κ1) is 49.5. The van der Waals surface area contributed by atoms with Gasteiger partial charge in [0.25, 0.3) is 11.8 Å². The van der Waals surface area contributed by atoms with E-state index < -0.39 is 47.4 Å². The van der Waals surface area contributed by atoms with Gasteiger partial charge < -0.3 is 25.8 Å². The summed E-state index contributed by atoms with van der Waals surface area (Å²) in [6.45, 7) is 14.2. The highest BCUT2D eigenvalue weighted by Gasteiger charge is 2.41. The van der Waals surface area contributed by atoms with Gasteiger partial charge in [0.1, 0.15) is 29.0 Å². The second kappa shape index (κ2) is 25.0. The van der Waals surface area contributed by atoms with Gasteiger partial charge in [-0.3, -0.25) is 39.1 Å². The Kier molecular flexibility index (Phi) is 21.0. The number of nitrogens with one attached hydrogen (secondary N) is 4. The molecule has 1 fully saturated rings. The molecule has 59 heavy (non-hydrogen) atoms. The standard InChI is InChI=1S/C43H71N7O8S/c1-9-11-12-15-22-57-50(43(56)38(28(5)10-2)47-41(55)35-16-13-14-21-49(35)8)36(27(3)4)25-37(58-30(7)51)42-46-34(26-59-42)40(54)45-32(23-29(6)39(53)48-44)24-31-17-19-33(52)20-18-31/h17-20,26-29,32,35-38,42,46,52H,9-16,21-25,44H2,1-8H3,(H,45,54)(H,47,55)(H,48,53)/t28-,29-,32+,35+,36+,37+,38-,42?/m0/s1. The van der Waals surface area contributed by atoms with Gasteiger partial charge >= 0.3 is 5.97 Å². The van der Waals surface area contributed by atoms with Gasteiger partial charge in [-0.1, -0.05) is 85.8 Å². The van der Waals surface area contributed by atoms with E-state index in [1.165, 1.54) is 23.7 Å². The van der Waals surface area contributed by atoms with Crippen LogP contribution in [0.5, 0.6) is 5.75 Å². The number of aromatic hydroxyl groups is 1. The van der Waals surface area contributed by atoms with Crippen LogP contribution < -0.4 is 27.2 Å². The van der Waals surface area contributed by atoms with Crippen molar-refractivity contribution >= 4 is 41.4 Å². The summed E-state index contributed by atoms with van der Waals surface area (Å²) in [6.07, 6.45) is 7.20. The molecule has 0 saturated carbocycles. The Morgan fingerprint density at radius 3 is 2.34 bits per heavy atom. The lowest BCUT2D eigenvalue weighted by atomic mass is 9.93. The molecule has 4 amide bonds. The number of thioether (sulfide) groups is 1. The fourth-order valence-electron chi connectivity index (χ4n) is 7.53. The predicted molar refractivity (Wildman–Crippen MR) is 230 cm³/mol. The number of piperidine rings is 1. The fraction of sp³-hybridized carbons (Fsp3) is 0.698. The van der Waals surface area contributed by atoms with Crippen molar-refractivity contribution in [3.8, 4) is 5.75 Å². The van der Waals surface area contributed by atoms with E-state index in [-0.39, 0.29) is 53.5 Å². The molecule has 1 aromatic carbocycles.